The van der Waals surface area contributed by atoms with E-state index in [9.17, 15) is 0 Å². The standard InChI is InChI=1S/C10H20N2O3/c1-10(8-11,12-5-6-13-2)7-9(14-3)15-4/h9,12H,5-7H2,1-4H3. The molecule has 0 aromatic rings. The minimum Gasteiger partial charge on any atom is -0.383 e. The minimum absolute atomic E-state index is 0.371. The van der Waals surface area contributed by atoms with Crippen molar-refractivity contribution in [1.82, 2.24) is 5.32 Å². The Morgan fingerprint density at radius 1 is 1.33 bits per heavy atom. The SMILES string of the molecule is COCCNC(C)(C#N)CC(OC)OC. The Labute approximate surface area is 91.3 Å². The zero-order chi connectivity index (χ0) is 11.7. The molecule has 1 N–H and O–H groups in total. The summed E-state index contributed by atoms with van der Waals surface area (Å²) in [5, 5.41) is 12.2. The highest BCUT2D eigenvalue weighted by Gasteiger charge is 2.27. The van der Waals surface area contributed by atoms with Gasteiger partial charge in [-0.2, -0.15) is 5.26 Å². The molecule has 0 fully saturated rings. The van der Waals surface area contributed by atoms with Crippen LogP contribution < -0.4 is 5.32 Å². The van der Waals surface area contributed by atoms with Crippen LogP contribution in [0.25, 0.3) is 0 Å². The molecule has 1 unspecified atom stereocenters. The third-order valence-corrected chi connectivity index (χ3v) is 2.17. The van der Waals surface area contributed by atoms with Crippen molar-refractivity contribution >= 4 is 0 Å². The summed E-state index contributed by atoms with van der Waals surface area (Å²) in [6.07, 6.45) is 0.102. The van der Waals surface area contributed by atoms with Crippen molar-refractivity contribution < 1.29 is 14.2 Å². The van der Waals surface area contributed by atoms with Gasteiger partial charge in [-0.25, -0.2) is 0 Å². The van der Waals surface area contributed by atoms with Gasteiger partial charge in [0.2, 0.25) is 0 Å². The van der Waals surface area contributed by atoms with E-state index in [2.05, 4.69) is 11.4 Å². The van der Waals surface area contributed by atoms with Crippen LogP contribution in [0, 0.1) is 11.3 Å². The van der Waals surface area contributed by atoms with Gasteiger partial charge in [0.25, 0.3) is 0 Å². The van der Waals surface area contributed by atoms with Crippen molar-refractivity contribution in [2.24, 2.45) is 0 Å². The predicted molar refractivity (Wildman–Crippen MR) is 56.3 cm³/mol. The van der Waals surface area contributed by atoms with E-state index in [0.717, 1.165) is 0 Å². The fraction of sp³-hybridized carbons (Fsp3) is 0.900. The maximum atomic E-state index is 9.06. The molecule has 0 radical (unpaired) electrons. The average Bonchev–Trinajstić information content (AvgIpc) is 2.26. The summed E-state index contributed by atoms with van der Waals surface area (Å²) < 4.78 is 15.0. The Balaban J connectivity index is 4.12. The summed E-state index contributed by atoms with van der Waals surface area (Å²) in [5.74, 6) is 0. The summed E-state index contributed by atoms with van der Waals surface area (Å²) in [6.45, 7) is 3.01. The van der Waals surface area contributed by atoms with Crippen LogP contribution in [0.4, 0.5) is 0 Å². The highest BCUT2D eigenvalue weighted by atomic mass is 16.7. The fourth-order valence-electron chi connectivity index (χ4n) is 1.18. The van der Waals surface area contributed by atoms with Gasteiger partial charge in [-0.1, -0.05) is 0 Å². The molecule has 15 heavy (non-hydrogen) atoms. The Kier molecular flexibility index (Phi) is 7.26. The van der Waals surface area contributed by atoms with E-state index in [4.69, 9.17) is 19.5 Å². The largest absolute Gasteiger partial charge is 0.383 e. The molecule has 0 saturated heterocycles. The van der Waals surface area contributed by atoms with Crippen LogP contribution in [0.1, 0.15) is 13.3 Å². The van der Waals surface area contributed by atoms with Gasteiger partial charge in [0.15, 0.2) is 6.29 Å². The lowest BCUT2D eigenvalue weighted by molar-refractivity contribution is -0.114. The number of nitrogens with zero attached hydrogens (tertiary/aromatic N) is 1. The van der Waals surface area contributed by atoms with Crippen molar-refractivity contribution in [2.75, 3.05) is 34.5 Å². The van der Waals surface area contributed by atoms with Gasteiger partial charge in [-0.15, -0.1) is 0 Å². The topological polar surface area (TPSA) is 63.5 Å². The molecule has 1 atom stereocenters. The molecule has 0 spiro atoms. The monoisotopic (exact) mass is 216 g/mol. The smallest absolute Gasteiger partial charge is 0.159 e. The van der Waals surface area contributed by atoms with E-state index in [-0.39, 0.29) is 6.29 Å². The fourth-order valence-corrected chi connectivity index (χ4v) is 1.18. The lowest BCUT2D eigenvalue weighted by Gasteiger charge is -2.26. The molecule has 0 saturated carbocycles. The zero-order valence-electron chi connectivity index (χ0n) is 9.87. The van der Waals surface area contributed by atoms with Crippen molar-refractivity contribution in [2.45, 2.75) is 25.2 Å². The molecule has 0 amide bonds. The summed E-state index contributed by atoms with van der Waals surface area (Å²) >= 11 is 0. The number of nitrogens with one attached hydrogen (secondary N) is 1. The van der Waals surface area contributed by atoms with Crippen LogP contribution >= 0.6 is 0 Å². The third-order valence-electron chi connectivity index (χ3n) is 2.17. The molecule has 0 bridgehead atoms. The summed E-state index contributed by atoms with van der Waals surface area (Å²) in [4.78, 5) is 0. The molecular weight excluding hydrogens is 196 g/mol. The first-order chi connectivity index (χ1) is 7.11. The first-order valence-corrected chi connectivity index (χ1v) is 4.82. The number of nitriles is 1. The Morgan fingerprint density at radius 2 is 1.93 bits per heavy atom. The lowest BCUT2D eigenvalue weighted by Crippen LogP contribution is -2.45. The van der Waals surface area contributed by atoms with E-state index in [0.29, 0.717) is 19.6 Å². The van der Waals surface area contributed by atoms with E-state index in [1.807, 2.05) is 6.92 Å². The molecule has 5 heteroatoms. The molecule has 0 aliphatic heterocycles. The van der Waals surface area contributed by atoms with Gasteiger partial charge < -0.3 is 14.2 Å². The second kappa shape index (κ2) is 7.60. The van der Waals surface area contributed by atoms with Gasteiger partial charge in [-0.05, 0) is 6.92 Å². The van der Waals surface area contributed by atoms with Crippen LogP contribution in [0.15, 0.2) is 0 Å². The van der Waals surface area contributed by atoms with Crippen LogP contribution in [0.2, 0.25) is 0 Å². The molecule has 88 valence electrons. The summed E-state index contributed by atoms with van der Waals surface area (Å²) in [7, 11) is 4.74. The molecule has 0 aromatic carbocycles. The molecule has 0 aromatic heterocycles. The van der Waals surface area contributed by atoms with E-state index < -0.39 is 5.54 Å². The number of hydrogen-bond donors (Lipinski definition) is 1. The second-order valence-electron chi connectivity index (χ2n) is 3.47. The highest BCUT2D eigenvalue weighted by Crippen LogP contribution is 2.13. The minimum atomic E-state index is -0.658. The molecule has 0 aliphatic carbocycles. The van der Waals surface area contributed by atoms with Crippen molar-refractivity contribution in [3.8, 4) is 6.07 Å². The quantitative estimate of drug-likeness (QED) is 0.473. The molecule has 0 rings (SSSR count). The van der Waals surface area contributed by atoms with E-state index in [1.165, 1.54) is 0 Å². The third kappa shape index (κ3) is 5.70. The summed E-state index contributed by atoms with van der Waals surface area (Å²) in [6, 6.07) is 2.21. The normalized spacial score (nSPS) is 14.9. The molecule has 0 aliphatic rings. The Hall–Kier alpha value is -0.670. The first-order valence-electron chi connectivity index (χ1n) is 4.82. The van der Waals surface area contributed by atoms with Gasteiger partial charge in [0.1, 0.15) is 5.54 Å². The van der Waals surface area contributed by atoms with Crippen molar-refractivity contribution in [3.63, 3.8) is 0 Å². The van der Waals surface area contributed by atoms with Crippen LogP contribution in [0.5, 0.6) is 0 Å². The average molecular weight is 216 g/mol. The van der Waals surface area contributed by atoms with Gasteiger partial charge in [0, 0.05) is 34.3 Å². The van der Waals surface area contributed by atoms with Crippen LogP contribution in [-0.4, -0.2) is 46.3 Å². The highest BCUT2D eigenvalue weighted by molar-refractivity contribution is 5.04. The van der Waals surface area contributed by atoms with Crippen LogP contribution in [-0.2, 0) is 14.2 Å². The van der Waals surface area contributed by atoms with Gasteiger partial charge in [0.05, 0.1) is 12.7 Å². The first kappa shape index (κ1) is 14.3. The van der Waals surface area contributed by atoms with Gasteiger partial charge in [-0.3, -0.25) is 5.32 Å². The number of hydrogen-bond acceptors (Lipinski definition) is 5. The molecule has 5 nitrogen and oxygen atoms in total. The number of ether oxygens (including phenoxy) is 3. The number of methoxy groups -OCH3 is 3. The van der Waals surface area contributed by atoms with E-state index >= 15 is 0 Å². The molecular formula is C10H20N2O3. The Bertz CT molecular complexity index is 201. The summed E-state index contributed by atoms with van der Waals surface area (Å²) in [5.41, 5.74) is -0.658. The Morgan fingerprint density at radius 3 is 2.33 bits per heavy atom. The number of rotatable bonds is 8. The van der Waals surface area contributed by atoms with Crippen molar-refractivity contribution in [3.05, 3.63) is 0 Å². The maximum absolute atomic E-state index is 9.06. The maximum Gasteiger partial charge on any atom is 0.159 e. The second-order valence-corrected chi connectivity index (χ2v) is 3.47. The van der Waals surface area contributed by atoms with E-state index in [1.54, 1.807) is 21.3 Å². The van der Waals surface area contributed by atoms with Gasteiger partial charge >= 0.3 is 0 Å². The molecule has 0 heterocycles. The van der Waals surface area contributed by atoms with Crippen LogP contribution in [0.3, 0.4) is 0 Å². The zero-order valence-corrected chi connectivity index (χ0v) is 9.87. The lowest BCUT2D eigenvalue weighted by atomic mass is 9.99. The predicted octanol–water partition coefficient (Wildman–Crippen LogP) is 0.514. The van der Waals surface area contributed by atoms with Crippen molar-refractivity contribution in [1.29, 1.82) is 5.26 Å².